The standard InChI is InChI=1S/C28H49BrO7Si/c1-19(15-22(30)13-11-12-14-29)16-23(33-7)17-24-20(2)25(36-37(9,10)27(4,5)6)18-28(34-8,35-24)21(3)26(31)32/h11-14,16,20-25,30H,15,17-18H2,1-10H3,(H,31,32)/b13-11+,14-12+,19-16+/t20-,21+,22-,23+,24-,25-,28-/m0/s1. The highest BCUT2D eigenvalue weighted by molar-refractivity contribution is 9.11. The Labute approximate surface area is 233 Å². The molecule has 0 amide bonds. The Hall–Kier alpha value is -0.813. The fraction of sp³-hybridized carbons (Fsp3) is 0.750. The zero-order valence-electron chi connectivity index (χ0n) is 24.3. The maximum Gasteiger partial charge on any atom is 0.311 e. The molecule has 9 heteroatoms. The first-order valence-electron chi connectivity index (χ1n) is 13.0. The van der Waals surface area contributed by atoms with Crippen LogP contribution in [0.5, 0.6) is 0 Å². The van der Waals surface area contributed by atoms with Gasteiger partial charge in [0.25, 0.3) is 0 Å². The van der Waals surface area contributed by atoms with Crippen LogP contribution in [0.4, 0.5) is 0 Å². The maximum atomic E-state index is 12.1. The van der Waals surface area contributed by atoms with Crippen molar-refractivity contribution in [3.8, 4) is 0 Å². The Morgan fingerprint density at radius 2 is 1.89 bits per heavy atom. The van der Waals surface area contributed by atoms with E-state index in [-0.39, 0.29) is 29.3 Å². The summed E-state index contributed by atoms with van der Waals surface area (Å²) in [5.41, 5.74) is 0.987. The zero-order valence-corrected chi connectivity index (χ0v) is 26.9. The number of aliphatic hydroxyl groups excluding tert-OH is 1. The molecule has 1 aliphatic heterocycles. The van der Waals surface area contributed by atoms with Crippen LogP contribution in [0, 0.1) is 11.8 Å². The molecular formula is C28H49BrO7Si. The third-order valence-electron chi connectivity index (χ3n) is 7.92. The minimum atomic E-state index is -2.15. The molecule has 2 N–H and O–H groups in total. The van der Waals surface area contributed by atoms with Gasteiger partial charge in [-0.3, -0.25) is 4.79 Å². The van der Waals surface area contributed by atoms with Gasteiger partial charge in [0, 0.05) is 33.0 Å². The number of carbonyl (C=O) groups is 1. The third-order valence-corrected chi connectivity index (χ3v) is 12.7. The van der Waals surface area contributed by atoms with Gasteiger partial charge in [-0.15, -0.1) is 0 Å². The predicted molar refractivity (Wildman–Crippen MR) is 154 cm³/mol. The number of methoxy groups -OCH3 is 2. The first-order valence-corrected chi connectivity index (χ1v) is 16.8. The highest BCUT2D eigenvalue weighted by Gasteiger charge is 2.54. The van der Waals surface area contributed by atoms with Gasteiger partial charge in [0.05, 0.1) is 24.4 Å². The van der Waals surface area contributed by atoms with Crippen molar-refractivity contribution in [2.75, 3.05) is 14.2 Å². The number of halogens is 1. The van der Waals surface area contributed by atoms with E-state index in [0.717, 1.165) is 5.57 Å². The first-order chi connectivity index (χ1) is 17.0. The number of carboxylic acids is 1. The summed E-state index contributed by atoms with van der Waals surface area (Å²) in [7, 11) is 1.00. The molecule has 0 aliphatic carbocycles. The molecule has 1 aliphatic rings. The molecule has 0 aromatic heterocycles. The molecule has 0 aromatic carbocycles. The van der Waals surface area contributed by atoms with Gasteiger partial charge >= 0.3 is 5.97 Å². The fourth-order valence-electron chi connectivity index (χ4n) is 4.34. The molecular weight excluding hydrogens is 556 g/mol. The Balaban J connectivity index is 3.26. The van der Waals surface area contributed by atoms with Crippen molar-refractivity contribution in [2.45, 2.75) is 109 Å². The van der Waals surface area contributed by atoms with Gasteiger partial charge in [-0.1, -0.05) is 73.5 Å². The van der Waals surface area contributed by atoms with Crippen LogP contribution < -0.4 is 0 Å². The molecule has 0 aromatic rings. The number of rotatable bonds is 13. The second-order valence-electron chi connectivity index (χ2n) is 11.7. The topological polar surface area (TPSA) is 94.5 Å². The van der Waals surface area contributed by atoms with Crippen molar-refractivity contribution >= 4 is 30.2 Å². The van der Waals surface area contributed by atoms with E-state index in [1.165, 1.54) is 7.11 Å². The van der Waals surface area contributed by atoms with E-state index in [4.69, 9.17) is 18.6 Å². The Kier molecular flexibility index (Phi) is 13.4. The van der Waals surface area contributed by atoms with E-state index < -0.39 is 32.1 Å². The van der Waals surface area contributed by atoms with Crippen molar-refractivity contribution < 1.29 is 33.6 Å². The minimum absolute atomic E-state index is 0.00314. The van der Waals surface area contributed by atoms with Gasteiger partial charge in [0.15, 0.2) is 14.1 Å². The van der Waals surface area contributed by atoms with Crippen molar-refractivity contribution in [2.24, 2.45) is 11.8 Å². The number of ether oxygens (including phenoxy) is 3. The Bertz CT molecular complexity index is 820. The van der Waals surface area contributed by atoms with E-state index >= 15 is 0 Å². The van der Waals surface area contributed by atoms with E-state index in [2.05, 4.69) is 56.7 Å². The van der Waals surface area contributed by atoms with Crippen molar-refractivity contribution in [1.29, 1.82) is 0 Å². The SMILES string of the molecule is CO[C@H](/C=C(\C)C[C@@H](O)/C=C/C=C/Br)C[C@@H]1O[C@](OC)([C@H](C)C(=O)O)C[C@H](O[Si](C)(C)C(C)(C)C)[C@H]1C. The second kappa shape index (κ2) is 14.5. The molecule has 0 radical (unpaired) electrons. The largest absolute Gasteiger partial charge is 0.481 e. The highest BCUT2D eigenvalue weighted by Crippen LogP contribution is 2.45. The lowest BCUT2D eigenvalue weighted by Gasteiger charge is -2.51. The van der Waals surface area contributed by atoms with Crippen molar-refractivity contribution in [1.82, 2.24) is 0 Å². The minimum Gasteiger partial charge on any atom is -0.481 e. The van der Waals surface area contributed by atoms with Gasteiger partial charge in [-0.05, 0) is 43.4 Å². The number of aliphatic hydroxyl groups is 1. The number of carboxylic acid groups (broad SMARTS) is 1. The summed E-state index contributed by atoms with van der Waals surface area (Å²) in [5, 5.41) is 20.2. The fourth-order valence-corrected chi connectivity index (χ4v) is 5.92. The normalized spacial score (nSPS) is 28.5. The van der Waals surface area contributed by atoms with Crippen LogP contribution in [0.2, 0.25) is 18.1 Å². The summed E-state index contributed by atoms with van der Waals surface area (Å²) in [4.78, 5) is 13.8. The first kappa shape index (κ1) is 34.2. The molecule has 7 nitrogen and oxygen atoms in total. The van der Waals surface area contributed by atoms with E-state index in [9.17, 15) is 15.0 Å². The van der Waals surface area contributed by atoms with Gasteiger partial charge in [-0.25, -0.2) is 0 Å². The van der Waals surface area contributed by atoms with Crippen LogP contribution in [-0.2, 0) is 23.4 Å². The molecule has 1 saturated heterocycles. The highest BCUT2D eigenvalue weighted by atomic mass is 79.9. The van der Waals surface area contributed by atoms with Crippen LogP contribution in [0.15, 0.2) is 34.9 Å². The monoisotopic (exact) mass is 604 g/mol. The van der Waals surface area contributed by atoms with Crippen LogP contribution in [-0.4, -0.2) is 68.9 Å². The lowest BCUT2D eigenvalue weighted by molar-refractivity contribution is -0.318. The average molecular weight is 606 g/mol. The summed E-state index contributed by atoms with van der Waals surface area (Å²) in [6, 6.07) is 0. The van der Waals surface area contributed by atoms with Crippen LogP contribution in [0.3, 0.4) is 0 Å². The van der Waals surface area contributed by atoms with Crippen LogP contribution in [0.25, 0.3) is 0 Å². The average Bonchev–Trinajstić information content (AvgIpc) is 2.79. The molecule has 1 heterocycles. The summed E-state index contributed by atoms with van der Waals surface area (Å²) < 4.78 is 25.0. The van der Waals surface area contributed by atoms with Crippen molar-refractivity contribution in [3.05, 3.63) is 34.9 Å². The molecule has 0 bridgehead atoms. The summed E-state index contributed by atoms with van der Waals surface area (Å²) in [5.74, 6) is -3.17. The van der Waals surface area contributed by atoms with Crippen LogP contribution >= 0.6 is 15.9 Å². The van der Waals surface area contributed by atoms with Crippen LogP contribution in [0.1, 0.15) is 60.8 Å². The van der Waals surface area contributed by atoms with Gasteiger partial charge in [0.1, 0.15) is 5.92 Å². The molecule has 0 unspecified atom stereocenters. The smallest absolute Gasteiger partial charge is 0.311 e. The molecule has 214 valence electrons. The molecule has 7 atom stereocenters. The zero-order chi connectivity index (χ0) is 28.6. The lowest BCUT2D eigenvalue weighted by atomic mass is 9.82. The second-order valence-corrected chi connectivity index (χ2v) is 17.0. The summed E-state index contributed by atoms with van der Waals surface area (Å²) in [6.45, 7) is 16.7. The van der Waals surface area contributed by atoms with Crippen molar-refractivity contribution in [3.63, 3.8) is 0 Å². The van der Waals surface area contributed by atoms with Gasteiger partial charge in [0.2, 0.25) is 0 Å². The quantitative estimate of drug-likeness (QED) is 0.142. The lowest BCUT2D eigenvalue weighted by Crippen LogP contribution is -2.60. The molecule has 1 fully saturated rings. The van der Waals surface area contributed by atoms with Gasteiger partial charge in [-0.2, -0.15) is 0 Å². The Morgan fingerprint density at radius 1 is 1.27 bits per heavy atom. The molecule has 1 rings (SSSR count). The summed E-state index contributed by atoms with van der Waals surface area (Å²) >= 11 is 3.20. The number of allylic oxidation sites excluding steroid dienone is 2. The maximum absolute atomic E-state index is 12.1. The molecule has 37 heavy (non-hydrogen) atoms. The van der Waals surface area contributed by atoms with E-state index in [1.54, 1.807) is 37.2 Å². The summed E-state index contributed by atoms with van der Waals surface area (Å²) in [6.07, 6.45) is 7.16. The molecule has 0 saturated carbocycles. The number of hydrogen-bond donors (Lipinski definition) is 2. The van der Waals surface area contributed by atoms with Gasteiger partial charge < -0.3 is 28.8 Å². The predicted octanol–water partition coefficient (Wildman–Crippen LogP) is 6.43. The number of hydrogen-bond acceptors (Lipinski definition) is 6. The van der Waals surface area contributed by atoms with E-state index in [1.807, 2.05) is 13.0 Å². The Morgan fingerprint density at radius 3 is 2.38 bits per heavy atom. The van der Waals surface area contributed by atoms with E-state index in [0.29, 0.717) is 19.3 Å². The third kappa shape index (κ3) is 9.71. The number of aliphatic carboxylic acids is 1. The molecule has 0 spiro atoms.